The first kappa shape index (κ1) is 16.8. The highest BCUT2D eigenvalue weighted by Gasteiger charge is 2.09. The first-order valence-electron chi connectivity index (χ1n) is 6.85. The number of nitrogens with one attached hydrogen (secondary N) is 1. The molecule has 0 aliphatic heterocycles. The average molecular weight is 302 g/mol. The number of thioether (sulfide) groups is 1. The third kappa shape index (κ3) is 7.83. The van der Waals surface area contributed by atoms with Gasteiger partial charge in [-0.3, -0.25) is 0 Å². The maximum absolute atomic E-state index is 5.89. The second kappa shape index (κ2) is 9.65. The molecule has 0 aromatic heterocycles. The lowest BCUT2D eigenvalue weighted by atomic mass is 10.3. The van der Waals surface area contributed by atoms with Crippen molar-refractivity contribution in [2.24, 2.45) is 0 Å². The summed E-state index contributed by atoms with van der Waals surface area (Å²) in [6, 6.07) is 8.38. The van der Waals surface area contributed by atoms with E-state index < -0.39 is 0 Å². The van der Waals surface area contributed by atoms with Crippen LogP contribution in [0.25, 0.3) is 0 Å². The van der Waals surface area contributed by atoms with Gasteiger partial charge in [0, 0.05) is 21.7 Å². The Morgan fingerprint density at radius 2 is 1.95 bits per heavy atom. The smallest absolute Gasteiger partial charge is 0.0631 e. The van der Waals surface area contributed by atoms with Gasteiger partial charge in [-0.2, -0.15) is 0 Å². The van der Waals surface area contributed by atoms with Crippen LogP contribution in [0.1, 0.15) is 27.2 Å². The van der Waals surface area contributed by atoms with Gasteiger partial charge < -0.3 is 10.1 Å². The molecule has 1 unspecified atom stereocenters. The van der Waals surface area contributed by atoms with Gasteiger partial charge in [0.2, 0.25) is 0 Å². The molecule has 2 nitrogen and oxygen atoms in total. The number of hydrogen-bond donors (Lipinski definition) is 1. The van der Waals surface area contributed by atoms with Gasteiger partial charge in [0.25, 0.3) is 0 Å². The van der Waals surface area contributed by atoms with Crippen molar-refractivity contribution < 1.29 is 4.74 Å². The second-order valence-electron chi connectivity index (χ2n) is 4.80. The first-order valence-corrected chi connectivity index (χ1v) is 8.21. The molecule has 108 valence electrons. The van der Waals surface area contributed by atoms with E-state index in [1.165, 1.54) is 4.90 Å². The van der Waals surface area contributed by atoms with Crippen LogP contribution in [-0.2, 0) is 4.74 Å². The molecule has 0 aliphatic carbocycles. The van der Waals surface area contributed by atoms with E-state index in [-0.39, 0.29) is 6.10 Å². The molecule has 0 amide bonds. The molecule has 1 N–H and O–H groups in total. The van der Waals surface area contributed by atoms with Crippen LogP contribution < -0.4 is 5.32 Å². The van der Waals surface area contributed by atoms with Gasteiger partial charge in [0.05, 0.1) is 12.7 Å². The van der Waals surface area contributed by atoms with Gasteiger partial charge in [0.1, 0.15) is 0 Å². The molecule has 0 spiro atoms. The molecule has 4 heteroatoms. The van der Waals surface area contributed by atoms with E-state index in [1.807, 2.05) is 23.9 Å². The van der Waals surface area contributed by atoms with E-state index in [1.54, 1.807) is 0 Å². The molecule has 1 rings (SSSR count). The zero-order chi connectivity index (χ0) is 14.1. The van der Waals surface area contributed by atoms with E-state index >= 15 is 0 Å². The number of ether oxygens (including phenoxy) is 1. The number of halogens is 1. The molecular weight excluding hydrogens is 278 g/mol. The van der Waals surface area contributed by atoms with Crippen molar-refractivity contribution in [2.75, 3.05) is 18.9 Å². The average Bonchev–Trinajstić information content (AvgIpc) is 2.39. The molecular formula is C15H24ClNOS. The minimum Gasteiger partial charge on any atom is -0.377 e. The maximum atomic E-state index is 5.89. The Bertz CT molecular complexity index is 343. The van der Waals surface area contributed by atoms with Crippen LogP contribution in [0, 0.1) is 0 Å². The molecule has 19 heavy (non-hydrogen) atoms. The Labute approximate surface area is 126 Å². The zero-order valence-electron chi connectivity index (χ0n) is 12.0. The number of hydrogen-bond acceptors (Lipinski definition) is 3. The van der Waals surface area contributed by atoms with Crippen LogP contribution in [0.2, 0.25) is 5.02 Å². The quantitative estimate of drug-likeness (QED) is 0.690. The summed E-state index contributed by atoms with van der Waals surface area (Å²) in [5.41, 5.74) is 0. The SMILES string of the molecule is CCCNC(COC(C)C)CSc1ccc(Cl)cc1. The summed E-state index contributed by atoms with van der Waals surface area (Å²) in [4.78, 5) is 1.25. The van der Waals surface area contributed by atoms with Crippen molar-refractivity contribution in [1.82, 2.24) is 5.32 Å². The fourth-order valence-corrected chi connectivity index (χ4v) is 2.61. The van der Waals surface area contributed by atoms with E-state index in [9.17, 15) is 0 Å². The van der Waals surface area contributed by atoms with Gasteiger partial charge in [-0.05, 0) is 51.1 Å². The highest BCUT2D eigenvalue weighted by Crippen LogP contribution is 2.21. The third-order valence-electron chi connectivity index (χ3n) is 2.58. The Morgan fingerprint density at radius 3 is 2.53 bits per heavy atom. The molecule has 1 aromatic rings. The summed E-state index contributed by atoms with van der Waals surface area (Å²) in [5.74, 6) is 1.01. The van der Waals surface area contributed by atoms with Crippen LogP contribution >= 0.6 is 23.4 Å². The van der Waals surface area contributed by atoms with Crippen molar-refractivity contribution >= 4 is 23.4 Å². The lowest BCUT2D eigenvalue weighted by molar-refractivity contribution is 0.0655. The van der Waals surface area contributed by atoms with Crippen LogP contribution in [0.3, 0.4) is 0 Å². The molecule has 1 atom stereocenters. The highest BCUT2D eigenvalue weighted by atomic mass is 35.5. The predicted octanol–water partition coefficient (Wildman–Crippen LogP) is 4.23. The van der Waals surface area contributed by atoms with Crippen LogP contribution in [0.5, 0.6) is 0 Å². The number of benzene rings is 1. The Balaban J connectivity index is 2.39. The molecule has 0 fully saturated rings. The third-order valence-corrected chi connectivity index (χ3v) is 4.01. The standard InChI is InChI=1S/C15H24ClNOS/c1-4-9-17-14(10-18-12(2)3)11-19-15-7-5-13(16)6-8-15/h5-8,12,14,17H,4,9-11H2,1-3H3. The molecule has 0 saturated heterocycles. The van der Waals surface area contributed by atoms with E-state index in [2.05, 4.69) is 38.2 Å². The monoisotopic (exact) mass is 301 g/mol. The Morgan fingerprint density at radius 1 is 1.26 bits per heavy atom. The Hall–Kier alpha value is -0.220. The second-order valence-corrected chi connectivity index (χ2v) is 6.33. The molecule has 0 radical (unpaired) electrons. The summed E-state index contributed by atoms with van der Waals surface area (Å²) in [7, 11) is 0. The van der Waals surface area contributed by atoms with Gasteiger partial charge in [-0.15, -0.1) is 11.8 Å². The van der Waals surface area contributed by atoms with Gasteiger partial charge in [0.15, 0.2) is 0 Å². The predicted molar refractivity (Wildman–Crippen MR) is 85.3 cm³/mol. The molecule has 0 heterocycles. The van der Waals surface area contributed by atoms with Crippen molar-refractivity contribution in [3.63, 3.8) is 0 Å². The Kier molecular flexibility index (Phi) is 8.55. The topological polar surface area (TPSA) is 21.3 Å². The van der Waals surface area contributed by atoms with Crippen molar-refractivity contribution in [3.8, 4) is 0 Å². The fraction of sp³-hybridized carbons (Fsp3) is 0.600. The van der Waals surface area contributed by atoms with E-state index in [0.717, 1.165) is 30.3 Å². The van der Waals surface area contributed by atoms with Crippen molar-refractivity contribution in [3.05, 3.63) is 29.3 Å². The van der Waals surface area contributed by atoms with Crippen molar-refractivity contribution in [2.45, 2.75) is 44.2 Å². The number of rotatable bonds is 9. The van der Waals surface area contributed by atoms with Crippen LogP contribution in [0.15, 0.2) is 29.2 Å². The maximum Gasteiger partial charge on any atom is 0.0631 e. The highest BCUT2D eigenvalue weighted by molar-refractivity contribution is 7.99. The fourth-order valence-electron chi connectivity index (χ4n) is 1.55. The molecule has 0 bridgehead atoms. The molecule has 0 aliphatic rings. The summed E-state index contributed by atoms with van der Waals surface area (Å²) >= 11 is 7.72. The summed E-state index contributed by atoms with van der Waals surface area (Å²) in [6.07, 6.45) is 1.43. The lowest BCUT2D eigenvalue weighted by Gasteiger charge is -2.19. The minimum absolute atomic E-state index is 0.284. The largest absolute Gasteiger partial charge is 0.377 e. The van der Waals surface area contributed by atoms with Crippen molar-refractivity contribution in [1.29, 1.82) is 0 Å². The van der Waals surface area contributed by atoms with Gasteiger partial charge in [-0.1, -0.05) is 18.5 Å². The molecule has 0 saturated carbocycles. The minimum atomic E-state index is 0.284. The van der Waals surface area contributed by atoms with Gasteiger partial charge in [-0.25, -0.2) is 0 Å². The lowest BCUT2D eigenvalue weighted by Crippen LogP contribution is -2.37. The summed E-state index contributed by atoms with van der Waals surface area (Å²) in [6.45, 7) is 8.12. The van der Waals surface area contributed by atoms with E-state index in [4.69, 9.17) is 16.3 Å². The van der Waals surface area contributed by atoms with Crippen LogP contribution in [0.4, 0.5) is 0 Å². The van der Waals surface area contributed by atoms with E-state index in [0.29, 0.717) is 6.04 Å². The first-order chi connectivity index (χ1) is 9.11. The van der Waals surface area contributed by atoms with Gasteiger partial charge >= 0.3 is 0 Å². The zero-order valence-corrected chi connectivity index (χ0v) is 13.6. The normalized spacial score (nSPS) is 12.9. The summed E-state index contributed by atoms with van der Waals surface area (Å²) < 4.78 is 5.71. The summed E-state index contributed by atoms with van der Waals surface area (Å²) in [5, 5.41) is 4.32. The van der Waals surface area contributed by atoms with Crippen LogP contribution in [-0.4, -0.2) is 31.1 Å². The molecule has 1 aromatic carbocycles.